The summed E-state index contributed by atoms with van der Waals surface area (Å²) in [6.45, 7) is 2.27. The minimum Gasteiger partial charge on any atom is -0.361 e. The van der Waals surface area contributed by atoms with Crippen LogP contribution in [-0.2, 0) is 6.54 Å². The Morgan fingerprint density at radius 3 is 3.06 bits per heavy atom. The molecule has 0 spiro atoms. The van der Waals surface area contributed by atoms with Crippen molar-refractivity contribution in [3.8, 4) is 0 Å². The highest BCUT2D eigenvalue weighted by atomic mass is 16.5. The maximum absolute atomic E-state index is 12.1. The lowest BCUT2D eigenvalue weighted by atomic mass is 10.4. The quantitative estimate of drug-likeness (QED) is 0.884. The van der Waals surface area contributed by atoms with Gasteiger partial charge < -0.3 is 14.4 Å². The van der Waals surface area contributed by atoms with E-state index in [2.05, 4.69) is 15.5 Å². The lowest BCUT2D eigenvalue weighted by Crippen LogP contribution is -2.23. The first-order valence-electron chi connectivity index (χ1n) is 5.97. The van der Waals surface area contributed by atoms with Gasteiger partial charge in [0.2, 0.25) is 0 Å². The predicted octanol–water partition coefficient (Wildman–Crippen LogP) is 1.49. The van der Waals surface area contributed by atoms with Crippen LogP contribution >= 0.6 is 0 Å². The van der Waals surface area contributed by atoms with Gasteiger partial charge in [0.1, 0.15) is 11.5 Å². The van der Waals surface area contributed by atoms with Gasteiger partial charge in [-0.2, -0.15) is 0 Å². The number of nitrogens with one attached hydrogen (secondary N) is 1. The summed E-state index contributed by atoms with van der Waals surface area (Å²) in [5.74, 6) is 1.12. The van der Waals surface area contributed by atoms with Gasteiger partial charge in [-0.1, -0.05) is 5.16 Å². The van der Waals surface area contributed by atoms with Crippen LogP contribution in [0.4, 0.5) is 5.82 Å². The lowest BCUT2D eigenvalue weighted by Gasteiger charge is -2.06. The molecule has 2 aromatic rings. The van der Waals surface area contributed by atoms with E-state index in [4.69, 9.17) is 4.52 Å². The molecule has 18 heavy (non-hydrogen) atoms. The van der Waals surface area contributed by atoms with Crippen molar-refractivity contribution in [3.63, 3.8) is 0 Å². The van der Waals surface area contributed by atoms with Gasteiger partial charge in [0, 0.05) is 24.5 Å². The average Bonchev–Trinajstić information content (AvgIpc) is 3.11. The molecule has 0 aliphatic heterocycles. The zero-order chi connectivity index (χ0) is 12.5. The second-order valence-electron chi connectivity index (χ2n) is 4.50. The fourth-order valence-electron chi connectivity index (χ4n) is 1.86. The number of hydrogen-bond donors (Lipinski definition) is 1. The normalized spacial score (nSPS) is 14.7. The summed E-state index contributed by atoms with van der Waals surface area (Å²) >= 11 is 0. The molecule has 0 aromatic carbocycles. The van der Waals surface area contributed by atoms with Gasteiger partial charge in [-0.05, 0) is 19.8 Å². The standard InChI is InChI=1S/C12H14N4O2/c1-8-6-9(15-18-8)7-14-11-12(17)16(5-4-13-11)10-2-3-10/h4-6,10H,2-3,7H2,1H3,(H,13,14). The van der Waals surface area contributed by atoms with Crippen LogP contribution in [0.15, 0.2) is 27.8 Å². The molecule has 0 atom stereocenters. The molecule has 0 unspecified atom stereocenters. The summed E-state index contributed by atoms with van der Waals surface area (Å²) in [5, 5.41) is 6.85. The number of hydrogen-bond acceptors (Lipinski definition) is 5. The van der Waals surface area contributed by atoms with Crippen molar-refractivity contribution in [1.29, 1.82) is 0 Å². The highest BCUT2D eigenvalue weighted by molar-refractivity contribution is 5.32. The number of aromatic nitrogens is 3. The Bertz CT molecular complexity index is 613. The fourth-order valence-corrected chi connectivity index (χ4v) is 1.86. The molecule has 1 fully saturated rings. The van der Waals surface area contributed by atoms with E-state index in [0.717, 1.165) is 24.3 Å². The van der Waals surface area contributed by atoms with E-state index in [9.17, 15) is 4.79 Å². The van der Waals surface area contributed by atoms with E-state index in [-0.39, 0.29) is 5.56 Å². The first kappa shape index (κ1) is 11.0. The number of nitrogens with zero attached hydrogens (tertiary/aromatic N) is 3. The van der Waals surface area contributed by atoms with Gasteiger partial charge in [-0.3, -0.25) is 4.79 Å². The molecule has 0 saturated heterocycles. The lowest BCUT2D eigenvalue weighted by molar-refractivity contribution is 0.391. The Morgan fingerprint density at radius 2 is 2.39 bits per heavy atom. The van der Waals surface area contributed by atoms with E-state index >= 15 is 0 Å². The number of rotatable bonds is 4. The highest BCUT2D eigenvalue weighted by Crippen LogP contribution is 2.33. The summed E-state index contributed by atoms with van der Waals surface area (Å²) in [6, 6.07) is 2.19. The molecule has 6 heteroatoms. The van der Waals surface area contributed by atoms with Crippen molar-refractivity contribution in [2.45, 2.75) is 32.4 Å². The van der Waals surface area contributed by atoms with Crippen LogP contribution < -0.4 is 10.9 Å². The summed E-state index contributed by atoms with van der Waals surface area (Å²) in [5.41, 5.74) is 0.691. The maximum atomic E-state index is 12.1. The molecule has 3 rings (SSSR count). The van der Waals surface area contributed by atoms with Crippen LogP contribution in [0.1, 0.15) is 30.3 Å². The Morgan fingerprint density at radius 1 is 1.56 bits per heavy atom. The van der Waals surface area contributed by atoms with Crippen LogP contribution in [0.3, 0.4) is 0 Å². The average molecular weight is 246 g/mol. The molecule has 1 N–H and O–H groups in total. The molecule has 0 radical (unpaired) electrons. The summed E-state index contributed by atoms with van der Waals surface area (Å²) in [4.78, 5) is 16.1. The second kappa shape index (κ2) is 4.29. The Hall–Kier alpha value is -2.11. The van der Waals surface area contributed by atoms with Crippen LogP contribution in [0.5, 0.6) is 0 Å². The van der Waals surface area contributed by atoms with Crippen molar-refractivity contribution in [3.05, 3.63) is 40.3 Å². The Kier molecular flexibility index (Phi) is 2.62. The van der Waals surface area contributed by atoms with Crippen molar-refractivity contribution >= 4 is 5.82 Å². The third kappa shape index (κ3) is 2.13. The molecule has 0 bridgehead atoms. The highest BCUT2D eigenvalue weighted by Gasteiger charge is 2.25. The molecule has 0 amide bonds. The third-order valence-electron chi connectivity index (χ3n) is 2.92. The van der Waals surface area contributed by atoms with Crippen LogP contribution in [0.25, 0.3) is 0 Å². The Labute approximate surface area is 104 Å². The first-order valence-corrected chi connectivity index (χ1v) is 5.97. The molecule has 1 aliphatic rings. The second-order valence-corrected chi connectivity index (χ2v) is 4.50. The topological polar surface area (TPSA) is 73.0 Å². The molecular weight excluding hydrogens is 232 g/mol. The Balaban J connectivity index is 1.76. The van der Waals surface area contributed by atoms with E-state index in [1.807, 2.05) is 13.0 Å². The minimum atomic E-state index is -0.0692. The predicted molar refractivity (Wildman–Crippen MR) is 65.3 cm³/mol. The zero-order valence-corrected chi connectivity index (χ0v) is 10.1. The van der Waals surface area contributed by atoms with Crippen molar-refractivity contribution in [2.75, 3.05) is 5.32 Å². The zero-order valence-electron chi connectivity index (χ0n) is 10.1. The van der Waals surface area contributed by atoms with Crippen LogP contribution in [0.2, 0.25) is 0 Å². The molecule has 6 nitrogen and oxygen atoms in total. The molecule has 2 aromatic heterocycles. The summed E-state index contributed by atoms with van der Waals surface area (Å²) < 4.78 is 6.70. The van der Waals surface area contributed by atoms with Crippen molar-refractivity contribution in [2.24, 2.45) is 0 Å². The first-order chi connectivity index (χ1) is 8.74. The van der Waals surface area contributed by atoms with E-state index in [1.165, 1.54) is 0 Å². The smallest absolute Gasteiger partial charge is 0.293 e. The van der Waals surface area contributed by atoms with Gasteiger partial charge in [-0.15, -0.1) is 0 Å². The molecule has 1 saturated carbocycles. The number of anilines is 1. The van der Waals surface area contributed by atoms with Gasteiger partial charge >= 0.3 is 0 Å². The van der Waals surface area contributed by atoms with E-state index in [1.54, 1.807) is 17.0 Å². The largest absolute Gasteiger partial charge is 0.361 e. The SMILES string of the molecule is Cc1cc(CNc2nccn(C3CC3)c2=O)no1. The molecule has 2 heterocycles. The summed E-state index contributed by atoms with van der Waals surface area (Å²) in [7, 11) is 0. The van der Waals surface area contributed by atoms with Crippen molar-refractivity contribution in [1.82, 2.24) is 14.7 Å². The molecule has 1 aliphatic carbocycles. The maximum Gasteiger partial charge on any atom is 0.293 e. The number of aryl methyl sites for hydroxylation is 1. The fraction of sp³-hybridized carbons (Fsp3) is 0.417. The van der Waals surface area contributed by atoms with Gasteiger partial charge in [0.05, 0.1) is 6.54 Å². The molecular formula is C12H14N4O2. The van der Waals surface area contributed by atoms with Gasteiger partial charge in [0.15, 0.2) is 5.82 Å². The third-order valence-corrected chi connectivity index (χ3v) is 2.92. The van der Waals surface area contributed by atoms with Crippen LogP contribution in [-0.4, -0.2) is 14.7 Å². The summed E-state index contributed by atoms with van der Waals surface area (Å²) in [6.07, 6.45) is 5.54. The van der Waals surface area contributed by atoms with Gasteiger partial charge in [0.25, 0.3) is 5.56 Å². The van der Waals surface area contributed by atoms with Crippen molar-refractivity contribution < 1.29 is 4.52 Å². The van der Waals surface area contributed by atoms with E-state index in [0.29, 0.717) is 18.4 Å². The van der Waals surface area contributed by atoms with E-state index < -0.39 is 0 Å². The van der Waals surface area contributed by atoms with Gasteiger partial charge in [-0.25, -0.2) is 4.98 Å². The molecule has 94 valence electrons. The minimum absolute atomic E-state index is 0.0692. The van der Waals surface area contributed by atoms with Crippen LogP contribution in [0, 0.1) is 6.92 Å². The monoisotopic (exact) mass is 246 g/mol.